The van der Waals surface area contributed by atoms with Gasteiger partial charge in [-0.3, -0.25) is 4.79 Å². The Hall–Kier alpha value is -1.66. The van der Waals surface area contributed by atoms with E-state index in [2.05, 4.69) is 15.5 Å². The summed E-state index contributed by atoms with van der Waals surface area (Å²) in [6.45, 7) is 3.57. The number of carbonyl (C=O) groups excluding carboxylic acids is 1. The Morgan fingerprint density at radius 3 is 2.34 bits per heavy atom. The monoisotopic (exact) mass is 458 g/mol. The Kier molecular flexibility index (Phi) is 10.1. The van der Waals surface area contributed by atoms with Crippen molar-refractivity contribution < 1.29 is 4.79 Å². The number of benzene rings is 2. The Morgan fingerprint density at radius 2 is 1.69 bits per heavy atom. The van der Waals surface area contributed by atoms with Crippen LogP contribution in [0.1, 0.15) is 29.6 Å². The van der Waals surface area contributed by atoms with E-state index in [-0.39, 0.29) is 43.1 Å². The van der Waals surface area contributed by atoms with Gasteiger partial charge in [-0.15, -0.1) is 37.2 Å². The van der Waals surface area contributed by atoms with E-state index >= 15 is 0 Å². The zero-order chi connectivity index (χ0) is 17.9. The van der Waals surface area contributed by atoms with Crippen molar-refractivity contribution in [1.82, 2.24) is 4.90 Å². The molecule has 4 N–H and O–H groups in total. The standard InChI is InChI=1S/C21H26N4O.3ClH/c22-19-3-1-2-4-20(19)24-21(26)16-7-9-17(10-8-16)23-18-11-12-25(14-18)13-15-5-6-15;;;/h1-4,7-10,15,18,23H,5-6,11-14,22H2,(H,24,26);3*1H/t18-;;;/m1.../s1. The third-order valence-electron chi connectivity index (χ3n) is 5.21. The lowest BCUT2D eigenvalue weighted by Crippen LogP contribution is -2.27. The first-order chi connectivity index (χ1) is 12.7. The van der Waals surface area contributed by atoms with Crippen LogP contribution in [-0.2, 0) is 0 Å². The van der Waals surface area contributed by atoms with Crippen molar-refractivity contribution in [1.29, 1.82) is 0 Å². The van der Waals surface area contributed by atoms with Crippen LogP contribution in [0.4, 0.5) is 17.1 Å². The van der Waals surface area contributed by atoms with E-state index in [9.17, 15) is 4.79 Å². The number of nitrogens with zero attached hydrogens (tertiary/aromatic N) is 1. The maximum atomic E-state index is 12.4. The molecule has 0 spiro atoms. The molecule has 0 bridgehead atoms. The lowest BCUT2D eigenvalue weighted by Gasteiger charge is -2.17. The molecule has 8 heteroatoms. The molecule has 0 aromatic heterocycles. The van der Waals surface area contributed by atoms with Crippen LogP contribution >= 0.6 is 37.2 Å². The van der Waals surface area contributed by atoms with Crippen molar-refractivity contribution in [2.45, 2.75) is 25.3 Å². The topological polar surface area (TPSA) is 70.4 Å². The number of para-hydroxylation sites is 2. The van der Waals surface area contributed by atoms with Gasteiger partial charge in [0.25, 0.3) is 5.91 Å². The second kappa shape index (κ2) is 11.5. The highest BCUT2D eigenvalue weighted by molar-refractivity contribution is 6.05. The average Bonchev–Trinajstić information content (AvgIpc) is 3.35. The molecule has 1 aliphatic heterocycles. The van der Waals surface area contributed by atoms with Crippen LogP contribution < -0.4 is 16.4 Å². The van der Waals surface area contributed by atoms with Gasteiger partial charge in [0.2, 0.25) is 0 Å². The Labute approximate surface area is 191 Å². The summed E-state index contributed by atoms with van der Waals surface area (Å²) in [4.78, 5) is 15.0. The number of nitrogens with two attached hydrogens (primary N) is 1. The maximum Gasteiger partial charge on any atom is 0.255 e. The number of halogens is 3. The number of nitrogens with one attached hydrogen (secondary N) is 2. The summed E-state index contributed by atoms with van der Waals surface area (Å²) in [6, 6.07) is 15.4. The second-order valence-electron chi connectivity index (χ2n) is 7.45. The van der Waals surface area contributed by atoms with Gasteiger partial charge in [0.15, 0.2) is 0 Å². The number of anilines is 3. The normalized spacial score (nSPS) is 18.0. The van der Waals surface area contributed by atoms with Gasteiger partial charge in [-0.2, -0.15) is 0 Å². The van der Waals surface area contributed by atoms with Gasteiger partial charge in [0, 0.05) is 36.9 Å². The minimum absolute atomic E-state index is 0. The zero-order valence-electron chi connectivity index (χ0n) is 16.2. The van der Waals surface area contributed by atoms with E-state index < -0.39 is 0 Å². The quantitative estimate of drug-likeness (QED) is 0.548. The molecule has 1 amide bonds. The highest BCUT2D eigenvalue weighted by atomic mass is 35.5. The van der Waals surface area contributed by atoms with Crippen LogP contribution in [0.25, 0.3) is 0 Å². The lowest BCUT2D eigenvalue weighted by molar-refractivity contribution is 0.102. The summed E-state index contributed by atoms with van der Waals surface area (Å²) in [5.74, 6) is 0.802. The fraction of sp³-hybridized carbons (Fsp3) is 0.381. The maximum absolute atomic E-state index is 12.4. The molecule has 4 rings (SSSR count). The largest absolute Gasteiger partial charge is 0.397 e. The molecule has 1 saturated heterocycles. The SMILES string of the molecule is Cl.Cl.Cl.Nc1ccccc1NC(=O)c1ccc(N[C@@H]2CCN(CC3CC3)C2)cc1. The van der Waals surface area contributed by atoms with Crippen LogP contribution in [0.5, 0.6) is 0 Å². The van der Waals surface area contributed by atoms with E-state index in [0.717, 1.165) is 18.2 Å². The molecule has 1 saturated carbocycles. The predicted octanol–water partition coefficient (Wildman–Crippen LogP) is 4.68. The predicted molar refractivity (Wildman–Crippen MR) is 128 cm³/mol. The third kappa shape index (κ3) is 6.96. The van der Waals surface area contributed by atoms with Crippen molar-refractivity contribution in [3.8, 4) is 0 Å². The van der Waals surface area contributed by atoms with Crippen LogP contribution in [-0.4, -0.2) is 36.5 Å². The molecule has 1 atom stereocenters. The molecule has 2 aromatic rings. The summed E-state index contributed by atoms with van der Waals surface area (Å²) >= 11 is 0. The summed E-state index contributed by atoms with van der Waals surface area (Å²) in [5, 5.41) is 6.45. The molecule has 2 aromatic carbocycles. The fourth-order valence-corrected chi connectivity index (χ4v) is 3.54. The molecular formula is C21H29Cl3N4O. The molecule has 160 valence electrons. The average molecular weight is 460 g/mol. The molecule has 5 nitrogen and oxygen atoms in total. The smallest absolute Gasteiger partial charge is 0.255 e. The van der Waals surface area contributed by atoms with E-state index in [1.54, 1.807) is 12.1 Å². The van der Waals surface area contributed by atoms with Gasteiger partial charge >= 0.3 is 0 Å². The highest BCUT2D eigenvalue weighted by Crippen LogP contribution is 2.31. The number of nitrogen functional groups attached to an aromatic ring is 1. The molecule has 2 aliphatic rings. The number of rotatable bonds is 6. The van der Waals surface area contributed by atoms with E-state index in [1.165, 1.54) is 32.4 Å². The molecule has 1 aliphatic carbocycles. The second-order valence-corrected chi connectivity index (χ2v) is 7.45. The van der Waals surface area contributed by atoms with Crippen LogP contribution in [0.3, 0.4) is 0 Å². The minimum Gasteiger partial charge on any atom is -0.397 e. The van der Waals surface area contributed by atoms with Gasteiger partial charge in [0.1, 0.15) is 0 Å². The molecular weight excluding hydrogens is 431 g/mol. The van der Waals surface area contributed by atoms with Crippen LogP contribution in [0, 0.1) is 5.92 Å². The first kappa shape index (κ1) is 25.4. The van der Waals surface area contributed by atoms with Crippen molar-refractivity contribution in [3.05, 3.63) is 54.1 Å². The molecule has 0 radical (unpaired) electrons. The van der Waals surface area contributed by atoms with Gasteiger partial charge in [-0.1, -0.05) is 12.1 Å². The number of carbonyl (C=O) groups is 1. The number of hydrogen-bond donors (Lipinski definition) is 3. The molecule has 2 fully saturated rings. The van der Waals surface area contributed by atoms with E-state index in [1.807, 2.05) is 36.4 Å². The number of hydrogen-bond acceptors (Lipinski definition) is 4. The molecule has 0 unspecified atom stereocenters. The molecule has 1 heterocycles. The summed E-state index contributed by atoms with van der Waals surface area (Å²) < 4.78 is 0. The van der Waals surface area contributed by atoms with Gasteiger partial charge in [0.05, 0.1) is 11.4 Å². The zero-order valence-corrected chi connectivity index (χ0v) is 18.6. The van der Waals surface area contributed by atoms with Crippen LogP contribution in [0.15, 0.2) is 48.5 Å². The number of likely N-dealkylation sites (tertiary alicyclic amines) is 1. The highest BCUT2D eigenvalue weighted by Gasteiger charge is 2.29. The Balaban J connectivity index is 0.00000140. The molecule has 29 heavy (non-hydrogen) atoms. The Bertz CT molecular complexity index is 784. The van der Waals surface area contributed by atoms with Crippen molar-refractivity contribution >= 4 is 60.2 Å². The van der Waals surface area contributed by atoms with E-state index in [4.69, 9.17) is 5.73 Å². The third-order valence-corrected chi connectivity index (χ3v) is 5.21. The Morgan fingerprint density at radius 1 is 1.00 bits per heavy atom. The minimum atomic E-state index is -0.147. The van der Waals surface area contributed by atoms with E-state index in [0.29, 0.717) is 23.0 Å². The van der Waals surface area contributed by atoms with Crippen LogP contribution in [0.2, 0.25) is 0 Å². The van der Waals surface area contributed by atoms with Gasteiger partial charge in [-0.05, 0) is 61.6 Å². The first-order valence-corrected chi connectivity index (χ1v) is 9.42. The number of amides is 1. The van der Waals surface area contributed by atoms with Crippen molar-refractivity contribution in [3.63, 3.8) is 0 Å². The van der Waals surface area contributed by atoms with Gasteiger partial charge in [-0.25, -0.2) is 0 Å². The summed E-state index contributed by atoms with van der Waals surface area (Å²) in [5.41, 5.74) is 8.78. The fourth-order valence-electron chi connectivity index (χ4n) is 3.54. The van der Waals surface area contributed by atoms with Crippen molar-refractivity contribution in [2.75, 3.05) is 36.0 Å². The van der Waals surface area contributed by atoms with Gasteiger partial charge < -0.3 is 21.3 Å². The first-order valence-electron chi connectivity index (χ1n) is 9.42. The summed E-state index contributed by atoms with van der Waals surface area (Å²) in [6.07, 6.45) is 4.00. The lowest BCUT2D eigenvalue weighted by atomic mass is 10.1. The summed E-state index contributed by atoms with van der Waals surface area (Å²) in [7, 11) is 0. The van der Waals surface area contributed by atoms with Crippen molar-refractivity contribution in [2.24, 2.45) is 5.92 Å².